The Labute approximate surface area is 72.4 Å². The van der Waals surface area contributed by atoms with E-state index in [0.717, 1.165) is 6.26 Å². The number of aliphatic hydroxyl groups excluding tert-OH is 1. The molecule has 1 unspecified atom stereocenters. The molecule has 1 aliphatic rings. The van der Waals surface area contributed by atoms with E-state index in [9.17, 15) is 13.5 Å². The number of nitrogens with zero attached hydrogens (tertiary/aromatic N) is 1. The molecule has 0 radical (unpaired) electrons. The summed E-state index contributed by atoms with van der Waals surface area (Å²) >= 11 is 0. The molecule has 0 aromatic heterocycles. The van der Waals surface area contributed by atoms with Crippen molar-refractivity contribution in [1.82, 2.24) is 9.62 Å². The van der Waals surface area contributed by atoms with Gasteiger partial charge in [0.05, 0.1) is 12.4 Å². The Morgan fingerprint density at radius 1 is 1.58 bits per heavy atom. The summed E-state index contributed by atoms with van der Waals surface area (Å²) in [4.78, 5) is 0. The van der Waals surface area contributed by atoms with Gasteiger partial charge in [0, 0.05) is 26.2 Å². The van der Waals surface area contributed by atoms with Gasteiger partial charge in [0.2, 0.25) is 10.0 Å². The minimum Gasteiger partial charge on any atom is -0.390 e. The molecule has 1 rings (SSSR count). The summed E-state index contributed by atoms with van der Waals surface area (Å²) in [6, 6.07) is 0. The second-order valence-corrected chi connectivity index (χ2v) is 4.96. The average Bonchev–Trinajstić information content (AvgIpc) is 2.11. The first-order valence-corrected chi connectivity index (χ1v) is 5.69. The predicted octanol–water partition coefficient (Wildman–Crippen LogP) is -1.79. The maximum absolute atomic E-state index is 11.1. The molecule has 1 atom stereocenters. The van der Waals surface area contributed by atoms with E-state index < -0.39 is 16.1 Å². The fourth-order valence-corrected chi connectivity index (χ4v) is 2.03. The van der Waals surface area contributed by atoms with Crippen LogP contribution in [-0.4, -0.2) is 56.4 Å². The largest absolute Gasteiger partial charge is 0.390 e. The zero-order chi connectivity index (χ0) is 9.19. The lowest BCUT2D eigenvalue weighted by Gasteiger charge is -2.18. The summed E-state index contributed by atoms with van der Waals surface area (Å²) < 4.78 is 23.4. The van der Waals surface area contributed by atoms with Crippen LogP contribution in [0.2, 0.25) is 0 Å². The SMILES string of the molecule is CS(=O)(=O)N1CCNCC(O)C1. The van der Waals surface area contributed by atoms with Crippen LogP contribution in [-0.2, 0) is 10.0 Å². The van der Waals surface area contributed by atoms with Crippen molar-refractivity contribution < 1.29 is 13.5 Å². The van der Waals surface area contributed by atoms with Crippen molar-refractivity contribution in [3.05, 3.63) is 0 Å². The lowest BCUT2D eigenvalue weighted by Crippen LogP contribution is -2.36. The minimum absolute atomic E-state index is 0.200. The van der Waals surface area contributed by atoms with Crippen molar-refractivity contribution >= 4 is 10.0 Å². The van der Waals surface area contributed by atoms with Crippen molar-refractivity contribution in [2.75, 3.05) is 32.4 Å². The van der Waals surface area contributed by atoms with E-state index in [0.29, 0.717) is 19.6 Å². The first kappa shape index (κ1) is 9.91. The summed E-state index contributed by atoms with van der Waals surface area (Å²) in [7, 11) is -3.15. The monoisotopic (exact) mass is 194 g/mol. The molecular formula is C6H14N2O3S. The highest BCUT2D eigenvalue weighted by molar-refractivity contribution is 7.88. The van der Waals surface area contributed by atoms with Crippen molar-refractivity contribution in [1.29, 1.82) is 0 Å². The van der Waals surface area contributed by atoms with E-state index in [1.54, 1.807) is 0 Å². The molecule has 0 amide bonds. The molecule has 6 heteroatoms. The first-order chi connectivity index (χ1) is 5.50. The molecule has 5 nitrogen and oxygen atoms in total. The second-order valence-electron chi connectivity index (χ2n) is 2.98. The van der Waals surface area contributed by atoms with E-state index in [2.05, 4.69) is 5.32 Å². The van der Waals surface area contributed by atoms with Gasteiger partial charge in [-0.2, -0.15) is 4.31 Å². The van der Waals surface area contributed by atoms with E-state index >= 15 is 0 Å². The van der Waals surface area contributed by atoms with Gasteiger partial charge in [-0.05, 0) is 0 Å². The van der Waals surface area contributed by atoms with Crippen LogP contribution in [0, 0.1) is 0 Å². The number of hydrogen-bond acceptors (Lipinski definition) is 4. The number of hydrogen-bond donors (Lipinski definition) is 2. The normalized spacial score (nSPS) is 28.3. The molecule has 2 N–H and O–H groups in total. The van der Waals surface area contributed by atoms with Crippen molar-refractivity contribution in [2.45, 2.75) is 6.10 Å². The Bertz CT molecular complexity index is 239. The standard InChI is InChI=1S/C6H14N2O3S/c1-12(10,11)8-3-2-7-4-6(9)5-8/h6-7,9H,2-5H2,1H3. The molecule has 1 aliphatic heterocycles. The molecule has 1 saturated heterocycles. The zero-order valence-electron chi connectivity index (χ0n) is 7.02. The molecule has 0 aromatic carbocycles. The zero-order valence-corrected chi connectivity index (χ0v) is 7.84. The summed E-state index contributed by atoms with van der Waals surface area (Å²) in [6.45, 7) is 1.71. The fraction of sp³-hybridized carbons (Fsp3) is 1.00. The fourth-order valence-electron chi connectivity index (χ4n) is 1.16. The number of rotatable bonds is 1. The average molecular weight is 194 g/mol. The molecule has 0 aliphatic carbocycles. The van der Waals surface area contributed by atoms with E-state index in [4.69, 9.17) is 0 Å². The summed E-state index contributed by atoms with van der Waals surface area (Å²) in [5.41, 5.74) is 0. The van der Waals surface area contributed by atoms with Crippen molar-refractivity contribution in [3.63, 3.8) is 0 Å². The predicted molar refractivity (Wildman–Crippen MR) is 45.3 cm³/mol. The molecule has 0 bridgehead atoms. The second kappa shape index (κ2) is 3.69. The van der Waals surface area contributed by atoms with Gasteiger partial charge in [-0.3, -0.25) is 0 Å². The Kier molecular flexibility index (Phi) is 3.05. The number of sulfonamides is 1. The van der Waals surface area contributed by atoms with Gasteiger partial charge in [0.1, 0.15) is 0 Å². The van der Waals surface area contributed by atoms with E-state index in [-0.39, 0.29) is 6.54 Å². The van der Waals surface area contributed by atoms with Gasteiger partial charge >= 0.3 is 0 Å². The van der Waals surface area contributed by atoms with E-state index in [1.807, 2.05) is 0 Å². The Morgan fingerprint density at radius 3 is 2.83 bits per heavy atom. The molecule has 0 saturated carbocycles. The maximum Gasteiger partial charge on any atom is 0.211 e. The van der Waals surface area contributed by atoms with Crippen LogP contribution in [0.1, 0.15) is 0 Å². The highest BCUT2D eigenvalue weighted by Gasteiger charge is 2.22. The summed E-state index contributed by atoms with van der Waals surface area (Å²) in [5, 5.41) is 12.2. The van der Waals surface area contributed by atoms with Gasteiger partial charge in [0.15, 0.2) is 0 Å². The number of β-amino-alcohol motifs (C(OH)–C–C–N with tert-alkyl or cyclic N) is 1. The maximum atomic E-state index is 11.1. The van der Waals surface area contributed by atoms with Crippen LogP contribution >= 0.6 is 0 Å². The van der Waals surface area contributed by atoms with Crippen LogP contribution < -0.4 is 5.32 Å². The van der Waals surface area contributed by atoms with Crippen molar-refractivity contribution in [2.24, 2.45) is 0 Å². The van der Waals surface area contributed by atoms with Crippen LogP contribution in [0.4, 0.5) is 0 Å². The quantitative estimate of drug-likeness (QED) is 0.517. The minimum atomic E-state index is -3.15. The molecule has 12 heavy (non-hydrogen) atoms. The third-order valence-corrected chi connectivity index (χ3v) is 3.07. The smallest absolute Gasteiger partial charge is 0.211 e. The van der Waals surface area contributed by atoms with Gasteiger partial charge in [-0.15, -0.1) is 0 Å². The topological polar surface area (TPSA) is 69.6 Å². The summed E-state index contributed by atoms with van der Waals surface area (Å²) in [6.07, 6.45) is 0.563. The van der Waals surface area contributed by atoms with Gasteiger partial charge in [-0.25, -0.2) is 8.42 Å². The third-order valence-electron chi connectivity index (χ3n) is 1.80. The van der Waals surface area contributed by atoms with Crippen LogP contribution in [0.3, 0.4) is 0 Å². The number of aliphatic hydroxyl groups is 1. The van der Waals surface area contributed by atoms with Crippen LogP contribution in [0.15, 0.2) is 0 Å². The highest BCUT2D eigenvalue weighted by atomic mass is 32.2. The Morgan fingerprint density at radius 2 is 2.25 bits per heavy atom. The van der Waals surface area contributed by atoms with Gasteiger partial charge in [0.25, 0.3) is 0 Å². The number of nitrogens with one attached hydrogen (secondary N) is 1. The van der Waals surface area contributed by atoms with Gasteiger partial charge in [-0.1, -0.05) is 0 Å². The highest BCUT2D eigenvalue weighted by Crippen LogP contribution is 2.01. The van der Waals surface area contributed by atoms with E-state index in [1.165, 1.54) is 4.31 Å². The lowest BCUT2D eigenvalue weighted by molar-refractivity contribution is 0.159. The molecule has 0 aromatic rings. The molecule has 0 spiro atoms. The molecule has 1 fully saturated rings. The Hall–Kier alpha value is -0.170. The summed E-state index contributed by atoms with van der Waals surface area (Å²) in [5.74, 6) is 0. The van der Waals surface area contributed by atoms with Crippen molar-refractivity contribution in [3.8, 4) is 0 Å². The molecule has 1 heterocycles. The van der Waals surface area contributed by atoms with Crippen LogP contribution in [0.5, 0.6) is 0 Å². The third kappa shape index (κ3) is 2.71. The van der Waals surface area contributed by atoms with Crippen LogP contribution in [0.25, 0.3) is 0 Å². The molecular weight excluding hydrogens is 180 g/mol. The lowest BCUT2D eigenvalue weighted by atomic mass is 10.4. The molecule has 72 valence electrons. The Balaban J connectivity index is 2.65. The van der Waals surface area contributed by atoms with Gasteiger partial charge < -0.3 is 10.4 Å². The first-order valence-electron chi connectivity index (χ1n) is 3.84.